The molecule has 42 heavy (non-hydrogen) atoms. The van der Waals surface area contributed by atoms with Crippen molar-refractivity contribution in [2.24, 2.45) is 11.3 Å². The third-order valence-electron chi connectivity index (χ3n) is 8.01. The zero-order valence-electron chi connectivity index (χ0n) is 24.3. The lowest BCUT2D eigenvalue weighted by atomic mass is 9.87. The Morgan fingerprint density at radius 2 is 1.69 bits per heavy atom. The lowest BCUT2D eigenvalue weighted by molar-refractivity contribution is -0.134. The van der Waals surface area contributed by atoms with E-state index in [4.69, 9.17) is 0 Å². The number of hydrogen-bond donors (Lipinski definition) is 1. The van der Waals surface area contributed by atoms with Crippen LogP contribution in [0.4, 0.5) is 5.13 Å². The molecular formula is C30H38BrN5O4S2. The zero-order chi connectivity index (χ0) is 30.1. The van der Waals surface area contributed by atoms with E-state index in [9.17, 15) is 18.0 Å². The summed E-state index contributed by atoms with van der Waals surface area (Å²) in [7, 11) is -3.72. The first kappa shape index (κ1) is 31.0. The Morgan fingerprint density at radius 1 is 1.02 bits per heavy atom. The Labute approximate surface area is 260 Å². The van der Waals surface area contributed by atoms with Crippen molar-refractivity contribution < 1.29 is 18.0 Å². The van der Waals surface area contributed by atoms with Gasteiger partial charge < -0.3 is 10.2 Å². The molecule has 1 N–H and O–H groups in total. The van der Waals surface area contributed by atoms with Crippen molar-refractivity contribution in [3.8, 4) is 0 Å². The first-order valence-electron chi connectivity index (χ1n) is 14.5. The highest BCUT2D eigenvalue weighted by Crippen LogP contribution is 2.36. The maximum atomic E-state index is 13.6. The highest BCUT2D eigenvalue weighted by atomic mass is 79.9. The van der Waals surface area contributed by atoms with Crippen LogP contribution >= 0.6 is 27.3 Å². The van der Waals surface area contributed by atoms with Gasteiger partial charge in [0.05, 0.1) is 10.8 Å². The summed E-state index contributed by atoms with van der Waals surface area (Å²) in [4.78, 5) is 37.9. The monoisotopic (exact) mass is 675 g/mol. The maximum Gasteiger partial charge on any atom is 0.243 e. The standard InChI is InChI=1S/C30H38BrN5O4S2/c1-30(2,3)19-26(37)35-14-16-36(17-15-35)42(39,40)22-10-8-21(9-11-22)23(18-20-6-4-5-7-20)27(38)34-29-32-24-12-13-25(31)33-28(24)41-29/h8-13,20,23H,4-7,14-19H2,1-3H3,(H,32,34,38). The SMILES string of the molecule is CC(C)(C)CC(=O)N1CCN(S(=O)(=O)c2ccc(C(CC3CCCC3)C(=O)Nc3nc4ccc(Br)nc4s3)cc2)CC1. The fourth-order valence-corrected chi connectivity index (χ4v) is 8.47. The van der Waals surface area contributed by atoms with Crippen LogP contribution in [0.25, 0.3) is 10.3 Å². The number of sulfonamides is 1. The summed E-state index contributed by atoms with van der Waals surface area (Å²) in [6.07, 6.45) is 5.67. The van der Waals surface area contributed by atoms with Crippen molar-refractivity contribution in [1.82, 2.24) is 19.2 Å². The second kappa shape index (κ2) is 12.7. The minimum Gasteiger partial charge on any atom is -0.340 e. The summed E-state index contributed by atoms with van der Waals surface area (Å²) in [5.74, 6) is -0.0551. The van der Waals surface area contributed by atoms with E-state index in [0.717, 1.165) is 28.8 Å². The molecule has 2 aromatic heterocycles. The number of carbonyl (C=O) groups excluding carboxylic acids is 2. The number of nitrogens with one attached hydrogen (secondary N) is 1. The van der Waals surface area contributed by atoms with Gasteiger partial charge in [0.25, 0.3) is 0 Å². The minimum atomic E-state index is -3.72. The molecule has 3 heterocycles. The first-order chi connectivity index (χ1) is 19.9. The lowest BCUT2D eigenvalue weighted by Crippen LogP contribution is -2.51. The molecule has 1 atom stereocenters. The number of thiazole rings is 1. The van der Waals surface area contributed by atoms with Crippen LogP contribution in [-0.4, -0.2) is 65.6 Å². The number of rotatable bonds is 8. The van der Waals surface area contributed by atoms with E-state index in [2.05, 4.69) is 31.2 Å². The summed E-state index contributed by atoms with van der Waals surface area (Å²) < 4.78 is 29.1. The number of halogens is 1. The van der Waals surface area contributed by atoms with Crippen LogP contribution in [0.15, 0.2) is 45.9 Å². The fraction of sp³-hybridized carbons (Fsp3) is 0.533. The summed E-state index contributed by atoms with van der Waals surface area (Å²) in [6.45, 7) is 7.36. The van der Waals surface area contributed by atoms with Gasteiger partial charge in [0.1, 0.15) is 15.0 Å². The summed E-state index contributed by atoms with van der Waals surface area (Å²) >= 11 is 4.70. The average molecular weight is 677 g/mol. The Bertz CT molecular complexity index is 1540. The molecule has 2 fully saturated rings. The molecule has 2 aliphatic rings. The number of amides is 2. The molecule has 1 unspecified atom stereocenters. The number of benzene rings is 1. The van der Waals surface area contributed by atoms with Gasteiger partial charge in [0.2, 0.25) is 21.8 Å². The van der Waals surface area contributed by atoms with E-state index < -0.39 is 15.9 Å². The highest BCUT2D eigenvalue weighted by molar-refractivity contribution is 9.10. The Balaban J connectivity index is 1.29. The first-order valence-corrected chi connectivity index (χ1v) is 17.6. The van der Waals surface area contributed by atoms with E-state index >= 15 is 0 Å². The predicted octanol–water partition coefficient (Wildman–Crippen LogP) is 6.03. The van der Waals surface area contributed by atoms with Crippen LogP contribution in [0.2, 0.25) is 0 Å². The molecule has 2 amide bonds. The number of pyridine rings is 1. The molecule has 0 radical (unpaired) electrons. The largest absolute Gasteiger partial charge is 0.340 e. The fourth-order valence-electron chi connectivity index (χ4n) is 5.78. The topological polar surface area (TPSA) is 113 Å². The number of fused-ring (bicyclic) bond motifs is 1. The molecule has 9 nitrogen and oxygen atoms in total. The molecule has 0 spiro atoms. The number of aromatic nitrogens is 2. The maximum absolute atomic E-state index is 13.6. The average Bonchev–Trinajstić information content (AvgIpc) is 3.60. The van der Waals surface area contributed by atoms with Crippen LogP contribution in [0, 0.1) is 11.3 Å². The van der Waals surface area contributed by atoms with Crippen molar-refractivity contribution in [2.45, 2.75) is 70.1 Å². The van der Waals surface area contributed by atoms with Gasteiger partial charge in [0.15, 0.2) is 5.13 Å². The Kier molecular flexibility index (Phi) is 9.36. The Morgan fingerprint density at radius 3 is 2.33 bits per heavy atom. The van der Waals surface area contributed by atoms with E-state index in [0.29, 0.717) is 41.6 Å². The molecule has 1 saturated heterocycles. The van der Waals surface area contributed by atoms with E-state index in [-0.39, 0.29) is 35.2 Å². The molecule has 226 valence electrons. The van der Waals surface area contributed by atoms with Gasteiger partial charge in [-0.05, 0) is 63.5 Å². The van der Waals surface area contributed by atoms with Gasteiger partial charge in [0, 0.05) is 32.6 Å². The van der Waals surface area contributed by atoms with Crippen molar-refractivity contribution >= 4 is 64.6 Å². The zero-order valence-corrected chi connectivity index (χ0v) is 27.5. The van der Waals surface area contributed by atoms with Crippen LogP contribution in [0.3, 0.4) is 0 Å². The molecule has 1 aromatic carbocycles. The molecule has 0 bridgehead atoms. The van der Waals surface area contributed by atoms with Crippen LogP contribution in [0.5, 0.6) is 0 Å². The van der Waals surface area contributed by atoms with Crippen molar-refractivity contribution in [3.05, 3.63) is 46.6 Å². The molecule has 5 rings (SSSR count). The molecule has 1 aliphatic carbocycles. The third kappa shape index (κ3) is 7.38. The number of nitrogens with zero attached hydrogens (tertiary/aromatic N) is 4. The normalized spacial score (nSPS) is 18.0. The van der Waals surface area contributed by atoms with Gasteiger partial charge >= 0.3 is 0 Å². The summed E-state index contributed by atoms with van der Waals surface area (Å²) in [6, 6.07) is 10.4. The minimum absolute atomic E-state index is 0.0606. The van der Waals surface area contributed by atoms with Gasteiger partial charge in [-0.3, -0.25) is 9.59 Å². The van der Waals surface area contributed by atoms with Gasteiger partial charge in [-0.1, -0.05) is 69.9 Å². The summed E-state index contributed by atoms with van der Waals surface area (Å²) in [5, 5.41) is 3.50. The van der Waals surface area contributed by atoms with Crippen LogP contribution in [-0.2, 0) is 19.6 Å². The second-order valence-electron chi connectivity index (χ2n) is 12.5. The number of hydrogen-bond acceptors (Lipinski definition) is 7. The predicted molar refractivity (Wildman–Crippen MR) is 169 cm³/mol. The highest BCUT2D eigenvalue weighted by Gasteiger charge is 2.32. The van der Waals surface area contributed by atoms with E-state index in [1.165, 1.54) is 28.5 Å². The third-order valence-corrected chi connectivity index (χ3v) is 11.2. The smallest absolute Gasteiger partial charge is 0.243 e. The van der Waals surface area contributed by atoms with E-state index in [1.807, 2.05) is 32.9 Å². The van der Waals surface area contributed by atoms with Gasteiger partial charge in [-0.15, -0.1) is 0 Å². The molecule has 1 saturated carbocycles. The summed E-state index contributed by atoms with van der Waals surface area (Å²) in [5.41, 5.74) is 1.40. The van der Waals surface area contributed by atoms with Crippen molar-refractivity contribution in [1.29, 1.82) is 0 Å². The number of piperazine rings is 1. The van der Waals surface area contributed by atoms with E-state index in [1.54, 1.807) is 29.2 Å². The number of anilines is 1. The second-order valence-corrected chi connectivity index (χ2v) is 16.2. The quantitative estimate of drug-likeness (QED) is 0.292. The van der Waals surface area contributed by atoms with Crippen LogP contribution < -0.4 is 5.32 Å². The molecule has 3 aromatic rings. The molecular weight excluding hydrogens is 638 g/mol. The van der Waals surface area contributed by atoms with Crippen molar-refractivity contribution in [2.75, 3.05) is 31.5 Å². The molecule has 1 aliphatic heterocycles. The molecule has 12 heteroatoms. The lowest BCUT2D eigenvalue weighted by Gasteiger charge is -2.35. The van der Waals surface area contributed by atoms with Gasteiger partial charge in [-0.2, -0.15) is 4.31 Å². The van der Waals surface area contributed by atoms with Gasteiger partial charge in [-0.25, -0.2) is 18.4 Å². The Hall–Kier alpha value is -2.41. The van der Waals surface area contributed by atoms with Crippen molar-refractivity contribution in [3.63, 3.8) is 0 Å². The van der Waals surface area contributed by atoms with Crippen LogP contribution in [0.1, 0.15) is 70.8 Å². The number of carbonyl (C=O) groups is 2.